The molecule has 0 rings (SSSR count). The van der Waals surface area contributed by atoms with Gasteiger partial charge >= 0.3 is 45.5 Å². The van der Waals surface area contributed by atoms with Gasteiger partial charge in [-0.15, -0.1) is 0 Å². The van der Waals surface area contributed by atoms with E-state index < -0.39 is 0 Å². The maximum atomic E-state index is 5.25. The Bertz CT molecular complexity index is 121. The summed E-state index contributed by atoms with van der Waals surface area (Å²) in [7, 11) is -0.232. The van der Waals surface area contributed by atoms with Gasteiger partial charge in [-0.2, -0.15) is 0 Å². The van der Waals surface area contributed by atoms with Gasteiger partial charge in [0.05, 0.1) is 0 Å². The summed E-state index contributed by atoms with van der Waals surface area (Å²) >= 11 is 4.68. The van der Waals surface area contributed by atoms with Crippen LogP contribution in [0.25, 0.3) is 0 Å². The fraction of sp³-hybridized carbons (Fsp3) is 1.00. The van der Waals surface area contributed by atoms with Crippen molar-refractivity contribution < 1.29 is 0 Å². The van der Waals surface area contributed by atoms with Crippen LogP contribution in [0.15, 0.2) is 0 Å². The summed E-state index contributed by atoms with van der Waals surface area (Å²) in [5.41, 5.74) is 0. The monoisotopic (exact) mass is 118 g/mol. The van der Waals surface area contributed by atoms with Crippen LogP contribution >= 0.6 is 0 Å². The van der Waals surface area contributed by atoms with E-state index in [1.54, 1.807) is 0 Å². The average molecular weight is 118 g/mol. The van der Waals surface area contributed by atoms with Crippen LogP contribution in [0.3, 0.4) is 0 Å². The van der Waals surface area contributed by atoms with E-state index in [4.69, 9.17) is 6.53 Å². The van der Waals surface area contributed by atoms with Crippen LogP contribution in [0.5, 0.6) is 0 Å². The topological polar surface area (TPSA) is 0 Å². The minimum atomic E-state index is -0.232. The van der Waals surface area contributed by atoms with Crippen LogP contribution in [0.1, 0.15) is 13.3 Å². The SMILES string of the molecule is B#S(=S)CCC. The fourth-order valence-electron chi connectivity index (χ4n) is 0.201. The van der Waals surface area contributed by atoms with Gasteiger partial charge < -0.3 is 0 Å². The Morgan fingerprint density at radius 1 is 1.83 bits per heavy atom. The van der Waals surface area contributed by atoms with Gasteiger partial charge in [0.2, 0.25) is 0 Å². The Morgan fingerprint density at radius 3 is 2.33 bits per heavy atom. The van der Waals surface area contributed by atoms with E-state index >= 15 is 0 Å². The average Bonchev–Trinajstić information content (AvgIpc) is 1.35. The third-order valence-electron chi connectivity index (χ3n) is 0.405. The van der Waals surface area contributed by atoms with E-state index in [9.17, 15) is 0 Å². The zero-order valence-corrected chi connectivity index (χ0v) is 5.44. The van der Waals surface area contributed by atoms with Crippen molar-refractivity contribution in [1.29, 1.82) is 0 Å². The van der Waals surface area contributed by atoms with Gasteiger partial charge in [0.15, 0.2) is 0 Å². The molecule has 0 bridgehead atoms. The van der Waals surface area contributed by atoms with E-state index in [1.807, 2.05) is 0 Å². The molecule has 0 amide bonds. The predicted octanol–water partition coefficient (Wildman–Crippen LogP) is 0.560. The number of hydrogen-bond donors (Lipinski definition) is 0. The van der Waals surface area contributed by atoms with Crippen LogP contribution in [0.4, 0.5) is 0 Å². The van der Waals surface area contributed by atoms with Crippen molar-refractivity contribution in [2.75, 3.05) is 5.75 Å². The van der Waals surface area contributed by atoms with E-state index in [0.717, 1.165) is 12.2 Å². The molecule has 0 aliphatic rings. The molecule has 0 aromatic rings. The molecule has 0 nitrogen and oxygen atoms in total. The van der Waals surface area contributed by atoms with Crippen molar-refractivity contribution in [2.24, 2.45) is 0 Å². The Kier molecular flexibility index (Phi) is 4.00. The van der Waals surface area contributed by atoms with E-state index in [2.05, 4.69) is 18.1 Å². The first-order valence-corrected chi connectivity index (χ1v) is 4.28. The Balaban J connectivity index is 3.16. The molecule has 0 spiro atoms. The summed E-state index contributed by atoms with van der Waals surface area (Å²) in [6, 6.07) is 0. The van der Waals surface area contributed by atoms with E-state index in [-0.39, 0.29) is 8.69 Å². The summed E-state index contributed by atoms with van der Waals surface area (Å²) in [6.07, 6.45) is 1.11. The van der Waals surface area contributed by atoms with Crippen LogP contribution in [-0.2, 0) is 19.9 Å². The fourth-order valence-corrected chi connectivity index (χ4v) is 1.10. The van der Waals surface area contributed by atoms with Crippen LogP contribution in [0, 0.1) is 0 Å². The molecule has 0 radical (unpaired) electrons. The minimum absolute atomic E-state index is 0.232. The Labute approximate surface area is 46.0 Å². The Morgan fingerprint density at radius 2 is 2.33 bits per heavy atom. The molecule has 0 saturated carbocycles. The van der Waals surface area contributed by atoms with Crippen LogP contribution in [-0.4, -0.2) is 12.3 Å². The predicted molar refractivity (Wildman–Crippen MR) is 35.6 cm³/mol. The molecule has 0 aromatic heterocycles. The second-order valence-electron chi connectivity index (χ2n) is 1.08. The van der Waals surface area contributed by atoms with Gasteiger partial charge in [0.25, 0.3) is 0 Å². The maximum absolute atomic E-state index is 5.25. The van der Waals surface area contributed by atoms with Gasteiger partial charge in [0.1, 0.15) is 0 Å². The molecule has 0 atom stereocenters. The zero-order valence-electron chi connectivity index (χ0n) is 3.81. The molecule has 6 heavy (non-hydrogen) atoms. The van der Waals surface area contributed by atoms with Crippen molar-refractivity contribution in [3.63, 3.8) is 0 Å². The standard InChI is InChI=1S/C3H7BS2/c1-2-3-6(4)5/h2-3H2,1H3. The molecule has 3 heteroatoms. The molecule has 0 saturated heterocycles. The molecule has 34 valence electrons. The third kappa shape index (κ3) is 4.50. The summed E-state index contributed by atoms with van der Waals surface area (Å²) in [5.74, 6) is 0.995. The summed E-state index contributed by atoms with van der Waals surface area (Å²) < 4.78 is 0. The first kappa shape index (κ1) is 6.50. The van der Waals surface area contributed by atoms with Crippen molar-refractivity contribution >= 4 is 26.4 Å². The molecule has 0 aromatic carbocycles. The van der Waals surface area contributed by atoms with Gasteiger partial charge in [-0.1, -0.05) is 0 Å². The van der Waals surface area contributed by atoms with Crippen LogP contribution < -0.4 is 0 Å². The van der Waals surface area contributed by atoms with Crippen molar-refractivity contribution in [3.8, 4) is 0 Å². The summed E-state index contributed by atoms with van der Waals surface area (Å²) in [6.45, 7) is 7.33. The van der Waals surface area contributed by atoms with Gasteiger partial charge in [-0.05, 0) is 0 Å². The van der Waals surface area contributed by atoms with E-state index in [0.29, 0.717) is 0 Å². The zero-order chi connectivity index (χ0) is 4.99. The molecule has 0 fully saturated rings. The van der Waals surface area contributed by atoms with Crippen LogP contribution in [0.2, 0.25) is 0 Å². The molecule has 0 heterocycles. The summed E-state index contributed by atoms with van der Waals surface area (Å²) in [5, 5.41) is 0. The van der Waals surface area contributed by atoms with E-state index in [1.165, 1.54) is 0 Å². The van der Waals surface area contributed by atoms with Gasteiger partial charge in [0, 0.05) is 0 Å². The quantitative estimate of drug-likeness (QED) is 0.453. The van der Waals surface area contributed by atoms with Crippen molar-refractivity contribution in [2.45, 2.75) is 13.3 Å². The van der Waals surface area contributed by atoms with Gasteiger partial charge in [-0.3, -0.25) is 0 Å². The van der Waals surface area contributed by atoms with Gasteiger partial charge in [-0.25, -0.2) is 0 Å². The molecular weight excluding hydrogens is 111 g/mol. The summed E-state index contributed by atoms with van der Waals surface area (Å²) in [4.78, 5) is 0. The third-order valence-corrected chi connectivity index (χ3v) is 1.72. The first-order chi connectivity index (χ1) is 2.77. The molecule has 0 unspecified atom stereocenters. The number of rotatable bonds is 1. The normalized spacial score (nSPS) is 8.50. The Hall–Kier alpha value is 0.505. The molecular formula is C3H7BS2. The van der Waals surface area contributed by atoms with Crippen molar-refractivity contribution in [3.05, 3.63) is 0 Å². The molecule has 0 N–H and O–H groups in total. The van der Waals surface area contributed by atoms with Crippen molar-refractivity contribution in [1.82, 2.24) is 0 Å². The number of hydrogen-bond acceptors (Lipinski definition) is 1. The molecule has 0 aliphatic heterocycles. The second-order valence-corrected chi connectivity index (χ2v) is 3.54. The molecule has 0 aliphatic carbocycles. The first-order valence-electron chi connectivity index (χ1n) is 1.90. The second kappa shape index (κ2) is 3.69.